The molecule has 0 aliphatic heterocycles. The second kappa shape index (κ2) is 14.8. The van der Waals surface area contributed by atoms with E-state index < -0.39 is 4.92 Å². The minimum absolute atomic E-state index is 0.0132. The number of non-ortho nitro benzene ring substituents is 1. The second-order valence-corrected chi connectivity index (χ2v) is 8.93. The van der Waals surface area contributed by atoms with Crippen LogP contribution in [0, 0.1) is 28.9 Å². The SMILES string of the molecule is C=C(C)C(=O)OCCCCCCOc1ccc(C#Cc2ccc(N=Nc3ccc([N+](=O)[O-])cc3)c(C)c2)cc1. The minimum atomic E-state index is -0.451. The van der Waals surface area contributed by atoms with Crippen LogP contribution in [0.15, 0.2) is 89.1 Å². The molecule has 0 atom stereocenters. The summed E-state index contributed by atoms with van der Waals surface area (Å²) in [4.78, 5) is 21.6. The zero-order valence-electron chi connectivity index (χ0n) is 22.2. The molecule has 0 bridgehead atoms. The van der Waals surface area contributed by atoms with Gasteiger partial charge in [-0.3, -0.25) is 10.1 Å². The zero-order valence-corrected chi connectivity index (χ0v) is 22.2. The van der Waals surface area contributed by atoms with Gasteiger partial charge >= 0.3 is 5.97 Å². The van der Waals surface area contributed by atoms with Crippen LogP contribution in [0.1, 0.15) is 49.3 Å². The summed E-state index contributed by atoms with van der Waals surface area (Å²) in [5.41, 5.74) is 4.33. The number of carbonyl (C=O) groups is 1. The number of hydrogen-bond acceptors (Lipinski definition) is 7. The van der Waals surface area contributed by atoms with Crippen molar-refractivity contribution in [2.75, 3.05) is 13.2 Å². The molecule has 0 saturated heterocycles. The van der Waals surface area contributed by atoms with Crippen molar-refractivity contribution in [1.82, 2.24) is 0 Å². The predicted octanol–water partition coefficient (Wildman–Crippen LogP) is 7.78. The van der Waals surface area contributed by atoms with E-state index in [0.717, 1.165) is 48.1 Å². The fourth-order valence-corrected chi connectivity index (χ4v) is 3.41. The number of hydrogen-bond donors (Lipinski definition) is 0. The maximum absolute atomic E-state index is 11.3. The molecule has 39 heavy (non-hydrogen) atoms. The second-order valence-electron chi connectivity index (χ2n) is 8.93. The normalized spacial score (nSPS) is 10.5. The van der Waals surface area contributed by atoms with Gasteiger partial charge in [-0.1, -0.05) is 18.4 Å². The quantitative estimate of drug-likeness (QED) is 0.0457. The van der Waals surface area contributed by atoms with E-state index in [1.165, 1.54) is 12.1 Å². The largest absolute Gasteiger partial charge is 0.494 e. The Balaban J connectivity index is 1.43. The Morgan fingerprint density at radius 1 is 0.897 bits per heavy atom. The summed E-state index contributed by atoms with van der Waals surface area (Å²) in [5, 5.41) is 19.2. The van der Waals surface area contributed by atoms with Crippen LogP contribution in [0.25, 0.3) is 0 Å². The van der Waals surface area contributed by atoms with Crippen LogP contribution in [0.4, 0.5) is 17.1 Å². The number of nitrogens with zero attached hydrogens (tertiary/aromatic N) is 3. The van der Waals surface area contributed by atoms with Crippen LogP contribution in [0.5, 0.6) is 5.75 Å². The molecule has 3 aromatic carbocycles. The van der Waals surface area contributed by atoms with Crippen molar-refractivity contribution in [1.29, 1.82) is 0 Å². The smallest absolute Gasteiger partial charge is 0.333 e. The first-order valence-electron chi connectivity index (χ1n) is 12.7. The molecule has 0 N–H and O–H groups in total. The molecule has 3 aromatic rings. The number of aryl methyl sites for hydroxylation is 1. The lowest BCUT2D eigenvalue weighted by Crippen LogP contribution is -2.06. The average molecular weight is 526 g/mol. The van der Waals surface area contributed by atoms with E-state index in [-0.39, 0.29) is 11.7 Å². The molecular weight excluding hydrogens is 494 g/mol. The van der Waals surface area contributed by atoms with E-state index in [1.54, 1.807) is 19.1 Å². The van der Waals surface area contributed by atoms with E-state index in [2.05, 4.69) is 28.6 Å². The highest BCUT2D eigenvalue weighted by atomic mass is 16.6. The van der Waals surface area contributed by atoms with Crippen LogP contribution in [-0.2, 0) is 9.53 Å². The van der Waals surface area contributed by atoms with Crippen molar-refractivity contribution in [2.45, 2.75) is 39.5 Å². The highest BCUT2D eigenvalue weighted by molar-refractivity contribution is 5.86. The lowest BCUT2D eigenvalue weighted by Gasteiger charge is -2.07. The molecule has 0 aromatic heterocycles. The number of azo groups is 1. The van der Waals surface area contributed by atoms with Crippen LogP contribution in [0.2, 0.25) is 0 Å². The maximum Gasteiger partial charge on any atom is 0.333 e. The van der Waals surface area contributed by atoms with Gasteiger partial charge in [0, 0.05) is 28.8 Å². The highest BCUT2D eigenvalue weighted by Crippen LogP contribution is 2.24. The summed E-state index contributed by atoms with van der Waals surface area (Å²) < 4.78 is 10.9. The molecule has 0 fully saturated rings. The zero-order chi connectivity index (χ0) is 28.0. The number of nitro benzene ring substituents is 1. The van der Waals surface area contributed by atoms with Crippen molar-refractivity contribution in [2.24, 2.45) is 10.2 Å². The molecule has 0 aliphatic rings. The first-order chi connectivity index (χ1) is 18.8. The molecule has 0 amide bonds. The van der Waals surface area contributed by atoms with Crippen LogP contribution < -0.4 is 4.74 Å². The van der Waals surface area contributed by atoms with Crippen molar-refractivity contribution in [3.05, 3.63) is 106 Å². The summed E-state index contributed by atoms with van der Waals surface area (Å²) >= 11 is 0. The molecule has 0 aliphatic carbocycles. The Bertz CT molecular complexity index is 1380. The average Bonchev–Trinajstić information content (AvgIpc) is 2.93. The van der Waals surface area contributed by atoms with Crippen molar-refractivity contribution < 1.29 is 19.2 Å². The van der Waals surface area contributed by atoms with E-state index in [4.69, 9.17) is 9.47 Å². The molecule has 8 nitrogen and oxygen atoms in total. The van der Waals surface area contributed by atoms with Gasteiger partial charge in [-0.05, 0) is 99.7 Å². The van der Waals surface area contributed by atoms with Crippen molar-refractivity contribution in [3.8, 4) is 17.6 Å². The van der Waals surface area contributed by atoms with Crippen LogP contribution in [-0.4, -0.2) is 24.1 Å². The van der Waals surface area contributed by atoms with E-state index >= 15 is 0 Å². The number of benzene rings is 3. The van der Waals surface area contributed by atoms with E-state index in [9.17, 15) is 14.9 Å². The fourth-order valence-electron chi connectivity index (χ4n) is 3.41. The molecule has 3 rings (SSSR count). The molecule has 0 spiro atoms. The Labute approximate surface area is 228 Å². The fraction of sp³-hybridized carbons (Fsp3) is 0.258. The summed E-state index contributed by atoms with van der Waals surface area (Å²) in [6, 6.07) is 19.3. The summed E-state index contributed by atoms with van der Waals surface area (Å²) in [5.74, 6) is 6.80. The minimum Gasteiger partial charge on any atom is -0.494 e. The lowest BCUT2D eigenvalue weighted by atomic mass is 10.1. The number of nitro groups is 1. The van der Waals surface area contributed by atoms with E-state index in [0.29, 0.717) is 30.2 Å². The molecule has 0 heterocycles. The lowest BCUT2D eigenvalue weighted by molar-refractivity contribution is -0.384. The molecule has 0 radical (unpaired) electrons. The Morgan fingerprint density at radius 3 is 2.18 bits per heavy atom. The summed E-state index contributed by atoms with van der Waals surface area (Å²) in [6.07, 6.45) is 3.75. The molecule has 0 unspecified atom stereocenters. The third-order valence-electron chi connectivity index (χ3n) is 5.63. The number of esters is 1. The number of ether oxygens (including phenoxy) is 2. The van der Waals surface area contributed by atoms with Gasteiger partial charge in [0.15, 0.2) is 0 Å². The third kappa shape index (κ3) is 9.90. The Hall–Kier alpha value is -4.77. The predicted molar refractivity (Wildman–Crippen MR) is 151 cm³/mol. The van der Waals surface area contributed by atoms with Gasteiger partial charge in [-0.25, -0.2) is 4.79 Å². The van der Waals surface area contributed by atoms with E-state index in [1.807, 2.05) is 49.4 Å². The highest BCUT2D eigenvalue weighted by Gasteiger charge is 2.04. The third-order valence-corrected chi connectivity index (χ3v) is 5.63. The van der Waals surface area contributed by atoms with Crippen molar-refractivity contribution >= 4 is 23.0 Å². The molecule has 0 saturated carbocycles. The van der Waals surface area contributed by atoms with Gasteiger partial charge in [0.1, 0.15) is 5.75 Å². The van der Waals surface area contributed by atoms with Gasteiger partial charge in [0.05, 0.1) is 29.5 Å². The van der Waals surface area contributed by atoms with Crippen LogP contribution >= 0.6 is 0 Å². The molecular formula is C31H31N3O5. The number of unbranched alkanes of at least 4 members (excludes halogenated alkanes) is 3. The Morgan fingerprint density at radius 2 is 1.54 bits per heavy atom. The maximum atomic E-state index is 11.3. The number of rotatable bonds is 12. The van der Waals surface area contributed by atoms with Gasteiger partial charge < -0.3 is 9.47 Å². The van der Waals surface area contributed by atoms with Crippen LogP contribution in [0.3, 0.4) is 0 Å². The Kier molecular flexibility index (Phi) is 11.0. The van der Waals surface area contributed by atoms with Gasteiger partial charge in [0.2, 0.25) is 0 Å². The van der Waals surface area contributed by atoms with Gasteiger partial charge in [-0.2, -0.15) is 10.2 Å². The first-order valence-corrected chi connectivity index (χ1v) is 12.7. The first kappa shape index (κ1) is 28.8. The molecule has 8 heteroatoms. The molecule has 200 valence electrons. The van der Waals surface area contributed by atoms with Gasteiger partial charge in [0.25, 0.3) is 5.69 Å². The standard InChI is InChI=1S/C31H31N3O5/c1-23(2)31(35)39-21-7-5-4-6-20-38-29-17-10-25(11-18-29)8-9-26-12-19-30(24(3)22-26)33-32-27-13-15-28(16-14-27)34(36)37/h10-19,22H,1,4-7,20-21H2,2-3H3. The monoisotopic (exact) mass is 525 g/mol. The van der Waals surface area contributed by atoms with Crippen molar-refractivity contribution in [3.63, 3.8) is 0 Å². The number of carbonyl (C=O) groups excluding carboxylic acids is 1. The topological polar surface area (TPSA) is 103 Å². The summed E-state index contributed by atoms with van der Waals surface area (Å²) in [7, 11) is 0. The summed E-state index contributed by atoms with van der Waals surface area (Å²) in [6.45, 7) is 8.19. The van der Waals surface area contributed by atoms with Gasteiger partial charge in [-0.15, -0.1) is 0 Å².